The third-order valence-corrected chi connectivity index (χ3v) is 6.48. The Kier molecular flexibility index (Phi) is 6.06. The summed E-state index contributed by atoms with van der Waals surface area (Å²) < 4.78 is 5.78. The predicted octanol–water partition coefficient (Wildman–Crippen LogP) is 1.79. The lowest BCUT2D eigenvalue weighted by molar-refractivity contribution is -0.138. The zero-order valence-electron chi connectivity index (χ0n) is 17.5. The van der Waals surface area contributed by atoms with Crippen LogP contribution in [-0.2, 0) is 9.59 Å². The van der Waals surface area contributed by atoms with Gasteiger partial charge in [0.2, 0.25) is 5.91 Å². The summed E-state index contributed by atoms with van der Waals surface area (Å²) in [5.41, 5.74) is 0.666. The van der Waals surface area contributed by atoms with Gasteiger partial charge in [0.25, 0.3) is 5.91 Å². The number of hydrogen-bond donors (Lipinski definition) is 1. The van der Waals surface area contributed by atoms with Crippen LogP contribution in [0.3, 0.4) is 0 Å². The van der Waals surface area contributed by atoms with E-state index in [4.69, 9.17) is 4.74 Å². The summed E-state index contributed by atoms with van der Waals surface area (Å²) in [4.78, 5) is 32.1. The third-order valence-electron chi connectivity index (χ3n) is 6.48. The minimum absolute atomic E-state index is 0.00704. The van der Waals surface area contributed by atoms with Crippen LogP contribution in [0.1, 0.15) is 33.1 Å². The molecule has 1 aromatic rings. The summed E-state index contributed by atoms with van der Waals surface area (Å²) in [6.07, 6.45) is 1.36. The van der Waals surface area contributed by atoms with E-state index >= 15 is 0 Å². The van der Waals surface area contributed by atoms with E-state index in [0.29, 0.717) is 23.5 Å². The van der Waals surface area contributed by atoms with Gasteiger partial charge in [0.05, 0.1) is 12.1 Å². The number of hydrogen-bond acceptors (Lipinski definition) is 5. The molecule has 3 aliphatic rings. The maximum atomic E-state index is 12.8. The SMILES string of the molecule is CC(C)N1CCN(C2CCN(C(=O)CC3Oc4ccccc4NC3=O)CC2)CC1. The predicted molar refractivity (Wildman–Crippen MR) is 112 cm³/mol. The molecule has 1 unspecified atom stereocenters. The van der Waals surface area contributed by atoms with Crippen molar-refractivity contribution >= 4 is 17.5 Å². The monoisotopic (exact) mass is 400 g/mol. The summed E-state index contributed by atoms with van der Waals surface area (Å²) in [5, 5.41) is 2.83. The number of ether oxygens (including phenoxy) is 1. The average molecular weight is 401 g/mol. The quantitative estimate of drug-likeness (QED) is 0.835. The Bertz CT molecular complexity index is 737. The number of nitrogens with one attached hydrogen (secondary N) is 1. The van der Waals surface area contributed by atoms with Crippen LogP contribution in [0.4, 0.5) is 5.69 Å². The second-order valence-corrected chi connectivity index (χ2v) is 8.57. The van der Waals surface area contributed by atoms with Crippen molar-refractivity contribution in [3.05, 3.63) is 24.3 Å². The summed E-state index contributed by atoms with van der Waals surface area (Å²) in [7, 11) is 0. The molecule has 3 aliphatic heterocycles. The first kappa shape index (κ1) is 20.2. The largest absolute Gasteiger partial charge is 0.478 e. The Hall–Kier alpha value is -2.12. The lowest BCUT2D eigenvalue weighted by atomic mass is 10.0. The molecule has 0 aromatic heterocycles. The van der Waals surface area contributed by atoms with Crippen molar-refractivity contribution in [2.45, 2.75) is 51.3 Å². The smallest absolute Gasteiger partial charge is 0.266 e. The molecule has 3 heterocycles. The van der Waals surface area contributed by atoms with Gasteiger partial charge in [-0.05, 0) is 38.8 Å². The Morgan fingerprint density at radius 2 is 1.79 bits per heavy atom. The fourth-order valence-corrected chi connectivity index (χ4v) is 4.61. The molecular weight excluding hydrogens is 368 g/mol. The van der Waals surface area contributed by atoms with Gasteiger partial charge >= 0.3 is 0 Å². The Balaban J connectivity index is 1.25. The van der Waals surface area contributed by atoms with Crippen molar-refractivity contribution in [3.8, 4) is 5.75 Å². The van der Waals surface area contributed by atoms with Gasteiger partial charge in [0, 0.05) is 51.4 Å². The number of piperidine rings is 1. The number of benzene rings is 1. The van der Waals surface area contributed by atoms with Crippen LogP contribution in [0.5, 0.6) is 5.75 Å². The normalized spacial score (nSPS) is 24.2. The van der Waals surface area contributed by atoms with Crippen molar-refractivity contribution < 1.29 is 14.3 Å². The van der Waals surface area contributed by atoms with Crippen LogP contribution in [-0.4, -0.2) is 84.0 Å². The van der Waals surface area contributed by atoms with Gasteiger partial charge in [0.15, 0.2) is 6.10 Å². The van der Waals surface area contributed by atoms with E-state index in [1.165, 1.54) is 0 Å². The molecule has 2 saturated heterocycles. The summed E-state index contributed by atoms with van der Waals surface area (Å²) in [5.74, 6) is 0.395. The van der Waals surface area contributed by atoms with Crippen molar-refractivity contribution in [3.63, 3.8) is 0 Å². The molecule has 0 saturated carbocycles. The highest BCUT2D eigenvalue weighted by Gasteiger charge is 2.33. The minimum atomic E-state index is -0.751. The highest BCUT2D eigenvalue weighted by atomic mass is 16.5. The lowest BCUT2D eigenvalue weighted by Gasteiger charge is -2.43. The highest BCUT2D eigenvalue weighted by Crippen LogP contribution is 2.30. The molecule has 0 radical (unpaired) electrons. The number of carbonyl (C=O) groups is 2. The second-order valence-electron chi connectivity index (χ2n) is 8.57. The lowest BCUT2D eigenvalue weighted by Crippen LogP contribution is -2.55. The van der Waals surface area contributed by atoms with Gasteiger partial charge in [-0.3, -0.25) is 19.4 Å². The standard InChI is InChI=1S/C22H32N4O3/c1-16(2)24-11-13-25(14-12-24)17-7-9-26(10-8-17)21(27)15-20-22(28)23-18-5-3-4-6-19(18)29-20/h3-6,16-17,20H,7-15H2,1-2H3,(H,23,28). The number of nitrogens with zero attached hydrogens (tertiary/aromatic N) is 3. The maximum Gasteiger partial charge on any atom is 0.266 e. The number of anilines is 1. The Labute approximate surface area is 173 Å². The van der Waals surface area contributed by atoms with E-state index in [1.807, 2.05) is 23.1 Å². The topological polar surface area (TPSA) is 65.1 Å². The number of carbonyl (C=O) groups excluding carboxylic acids is 2. The number of para-hydroxylation sites is 2. The van der Waals surface area contributed by atoms with Crippen LogP contribution < -0.4 is 10.1 Å². The minimum Gasteiger partial charge on any atom is -0.478 e. The Morgan fingerprint density at radius 1 is 1.10 bits per heavy atom. The van der Waals surface area contributed by atoms with Gasteiger partial charge < -0.3 is 15.0 Å². The van der Waals surface area contributed by atoms with E-state index in [9.17, 15) is 9.59 Å². The number of likely N-dealkylation sites (tertiary alicyclic amines) is 1. The number of rotatable bonds is 4. The number of amides is 2. The first-order valence-corrected chi connectivity index (χ1v) is 10.8. The van der Waals surface area contributed by atoms with E-state index < -0.39 is 6.10 Å². The molecule has 0 bridgehead atoms. The molecule has 0 aliphatic carbocycles. The van der Waals surface area contributed by atoms with Crippen molar-refractivity contribution in [2.75, 3.05) is 44.6 Å². The second kappa shape index (κ2) is 8.71. The van der Waals surface area contributed by atoms with Crippen LogP contribution in [0.15, 0.2) is 24.3 Å². The number of piperazine rings is 1. The van der Waals surface area contributed by atoms with Crippen LogP contribution in [0, 0.1) is 0 Å². The molecule has 1 atom stereocenters. The zero-order valence-corrected chi connectivity index (χ0v) is 17.5. The van der Waals surface area contributed by atoms with E-state index in [1.54, 1.807) is 6.07 Å². The van der Waals surface area contributed by atoms with Crippen molar-refractivity contribution in [1.82, 2.24) is 14.7 Å². The third kappa shape index (κ3) is 4.56. The fourth-order valence-electron chi connectivity index (χ4n) is 4.61. The molecule has 1 aromatic carbocycles. The fraction of sp³-hybridized carbons (Fsp3) is 0.636. The summed E-state index contributed by atoms with van der Waals surface area (Å²) in [6, 6.07) is 8.51. The van der Waals surface area contributed by atoms with Crippen molar-refractivity contribution in [2.24, 2.45) is 0 Å². The molecule has 1 N–H and O–H groups in total. The van der Waals surface area contributed by atoms with Gasteiger partial charge in [0.1, 0.15) is 5.75 Å². The van der Waals surface area contributed by atoms with Gasteiger partial charge in [-0.1, -0.05) is 12.1 Å². The molecule has 7 nitrogen and oxygen atoms in total. The Morgan fingerprint density at radius 3 is 2.48 bits per heavy atom. The van der Waals surface area contributed by atoms with Crippen LogP contribution >= 0.6 is 0 Å². The number of fused-ring (bicyclic) bond motifs is 1. The zero-order chi connectivity index (χ0) is 20.4. The molecule has 7 heteroatoms. The highest BCUT2D eigenvalue weighted by molar-refractivity contribution is 5.99. The van der Waals surface area contributed by atoms with Crippen molar-refractivity contribution in [1.29, 1.82) is 0 Å². The first-order chi connectivity index (χ1) is 14.0. The van der Waals surface area contributed by atoms with Gasteiger partial charge in [-0.15, -0.1) is 0 Å². The van der Waals surface area contributed by atoms with E-state index in [0.717, 1.165) is 52.1 Å². The van der Waals surface area contributed by atoms with Gasteiger partial charge in [-0.25, -0.2) is 0 Å². The molecule has 2 amide bonds. The van der Waals surface area contributed by atoms with Gasteiger partial charge in [-0.2, -0.15) is 0 Å². The van der Waals surface area contributed by atoms with E-state index in [2.05, 4.69) is 29.0 Å². The molecule has 0 spiro atoms. The summed E-state index contributed by atoms with van der Waals surface area (Å²) >= 11 is 0. The maximum absolute atomic E-state index is 12.8. The molecule has 4 rings (SSSR count). The average Bonchev–Trinajstić information content (AvgIpc) is 2.74. The molecule has 29 heavy (non-hydrogen) atoms. The molecule has 2 fully saturated rings. The first-order valence-electron chi connectivity index (χ1n) is 10.8. The van der Waals surface area contributed by atoms with Crippen LogP contribution in [0.25, 0.3) is 0 Å². The summed E-state index contributed by atoms with van der Waals surface area (Å²) in [6.45, 7) is 10.5. The molecule has 158 valence electrons. The van der Waals surface area contributed by atoms with E-state index in [-0.39, 0.29) is 18.2 Å². The molecular formula is C22H32N4O3. The van der Waals surface area contributed by atoms with Crippen LogP contribution in [0.2, 0.25) is 0 Å².